The summed E-state index contributed by atoms with van der Waals surface area (Å²) in [6.45, 7) is 3.23. The Labute approximate surface area is 102 Å². The summed E-state index contributed by atoms with van der Waals surface area (Å²) in [4.78, 5) is 6.86. The first-order chi connectivity index (χ1) is 8.25. The molecule has 0 amide bonds. The lowest BCUT2D eigenvalue weighted by molar-refractivity contribution is -0.137. The van der Waals surface area contributed by atoms with Gasteiger partial charge in [0.2, 0.25) is 5.95 Å². The third kappa shape index (κ3) is 3.46. The van der Waals surface area contributed by atoms with Crippen LogP contribution in [0.25, 0.3) is 0 Å². The molecule has 0 saturated heterocycles. The van der Waals surface area contributed by atoms with Crippen molar-refractivity contribution in [1.82, 2.24) is 9.97 Å². The number of nitrogens with two attached hydrogens (primary N) is 1. The molecular weight excluding hydrogens is 249 g/mol. The molecule has 18 heavy (non-hydrogen) atoms. The number of hydrogen-bond donors (Lipinski definition) is 3. The molecule has 0 aromatic carbocycles. The van der Waals surface area contributed by atoms with E-state index >= 15 is 0 Å². The van der Waals surface area contributed by atoms with E-state index in [1.807, 2.05) is 0 Å². The predicted molar refractivity (Wildman–Crippen MR) is 60.8 cm³/mol. The number of alkyl halides is 3. The lowest BCUT2D eigenvalue weighted by Crippen LogP contribution is -2.31. The van der Waals surface area contributed by atoms with Gasteiger partial charge in [-0.05, 0) is 5.92 Å². The fourth-order valence-electron chi connectivity index (χ4n) is 1.31. The summed E-state index contributed by atoms with van der Waals surface area (Å²) in [5.74, 6) is -0.735. The summed E-state index contributed by atoms with van der Waals surface area (Å²) in [6.07, 6.45) is -3.95. The average Bonchev–Trinajstić information content (AvgIpc) is 2.23. The summed E-state index contributed by atoms with van der Waals surface area (Å²) in [5.41, 5.74) is 4.27. The van der Waals surface area contributed by atoms with Crippen LogP contribution in [0.4, 0.5) is 24.9 Å². The van der Waals surface area contributed by atoms with Crippen molar-refractivity contribution in [3.05, 3.63) is 11.8 Å². The number of aromatic nitrogens is 2. The van der Waals surface area contributed by atoms with Crippen LogP contribution in [0.3, 0.4) is 0 Å². The Bertz CT molecular complexity index is 409. The number of hydrogen-bond acceptors (Lipinski definition) is 5. The van der Waals surface area contributed by atoms with E-state index in [1.165, 1.54) is 0 Å². The Morgan fingerprint density at radius 2 is 2.06 bits per heavy atom. The summed E-state index contributed by atoms with van der Waals surface area (Å²) >= 11 is 0. The fraction of sp³-hybridized carbons (Fsp3) is 0.600. The maximum absolute atomic E-state index is 12.7. The lowest BCUT2D eigenvalue weighted by atomic mass is 10.1. The summed E-state index contributed by atoms with van der Waals surface area (Å²) < 4.78 is 38.1. The number of nitrogens with zero attached hydrogens (tertiary/aromatic N) is 2. The SMILES string of the molecule is CC(C)[C@H](CO)Nc1nc(N)ncc1C(F)(F)F. The summed E-state index contributed by atoms with van der Waals surface area (Å²) in [5, 5.41) is 11.6. The van der Waals surface area contributed by atoms with Gasteiger partial charge >= 0.3 is 6.18 Å². The van der Waals surface area contributed by atoms with Crippen molar-refractivity contribution in [3.8, 4) is 0 Å². The molecule has 1 atom stereocenters. The molecule has 0 aliphatic carbocycles. The third-order valence-corrected chi connectivity index (χ3v) is 2.44. The van der Waals surface area contributed by atoms with Crippen molar-refractivity contribution < 1.29 is 18.3 Å². The van der Waals surface area contributed by atoms with Crippen LogP contribution < -0.4 is 11.1 Å². The standard InChI is InChI=1S/C10H15F3N4O/c1-5(2)7(4-18)16-8-6(10(11,12)13)3-15-9(14)17-8/h3,5,7,18H,4H2,1-2H3,(H3,14,15,16,17)/t7-/m0/s1. The molecule has 1 rings (SSSR count). The van der Waals surface area contributed by atoms with Gasteiger partial charge in [0.15, 0.2) is 0 Å². The van der Waals surface area contributed by atoms with Gasteiger partial charge in [0.05, 0.1) is 12.6 Å². The molecule has 0 aliphatic heterocycles. The Morgan fingerprint density at radius 1 is 1.44 bits per heavy atom. The van der Waals surface area contributed by atoms with E-state index in [-0.39, 0.29) is 18.5 Å². The fourth-order valence-corrected chi connectivity index (χ4v) is 1.31. The Hall–Kier alpha value is -1.57. The van der Waals surface area contributed by atoms with E-state index in [9.17, 15) is 13.2 Å². The van der Waals surface area contributed by atoms with Gasteiger partial charge in [-0.1, -0.05) is 13.8 Å². The van der Waals surface area contributed by atoms with Gasteiger partial charge in [0.1, 0.15) is 11.4 Å². The van der Waals surface area contributed by atoms with Crippen molar-refractivity contribution in [2.75, 3.05) is 17.7 Å². The lowest BCUT2D eigenvalue weighted by Gasteiger charge is -2.22. The topological polar surface area (TPSA) is 84.1 Å². The average molecular weight is 264 g/mol. The van der Waals surface area contributed by atoms with Crippen LogP contribution in [0.5, 0.6) is 0 Å². The largest absolute Gasteiger partial charge is 0.421 e. The van der Waals surface area contributed by atoms with E-state index < -0.39 is 23.6 Å². The minimum Gasteiger partial charge on any atom is -0.394 e. The molecule has 1 aromatic rings. The normalized spacial score (nSPS) is 13.7. The van der Waals surface area contributed by atoms with Crippen LogP contribution in [0.1, 0.15) is 19.4 Å². The zero-order chi connectivity index (χ0) is 13.9. The first-order valence-corrected chi connectivity index (χ1v) is 5.32. The van der Waals surface area contributed by atoms with E-state index in [4.69, 9.17) is 10.8 Å². The molecule has 0 spiro atoms. The van der Waals surface area contributed by atoms with Crippen LogP contribution >= 0.6 is 0 Å². The van der Waals surface area contributed by atoms with E-state index in [0.29, 0.717) is 6.20 Å². The quantitative estimate of drug-likeness (QED) is 0.767. The second kappa shape index (κ2) is 5.38. The van der Waals surface area contributed by atoms with Gasteiger partial charge in [-0.3, -0.25) is 0 Å². The number of aliphatic hydroxyl groups is 1. The Balaban J connectivity index is 3.10. The van der Waals surface area contributed by atoms with E-state index in [2.05, 4.69) is 15.3 Å². The van der Waals surface area contributed by atoms with Gasteiger partial charge in [-0.15, -0.1) is 0 Å². The van der Waals surface area contributed by atoms with Gasteiger partial charge in [-0.25, -0.2) is 4.98 Å². The molecule has 5 nitrogen and oxygen atoms in total. The number of rotatable bonds is 4. The molecule has 0 fully saturated rings. The number of aliphatic hydroxyl groups excluding tert-OH is 1. The smallest absolute Gasteiger partial charge is 0.394 e. The van der Waals surface area contributed by atoms with Crippen LogP contribution in [-0.2, 0) is 6.18 Å². The highest BCUT2D eigenvalue weighted by atomic mass is 19.4. The first kappa shape index (κ1) is 14.5. The van der Waals surface area contributed by atoms with Crippen LogP contribution in [0.2, 0.25) is 0 Å². The number of nitrogens with one attached hydrogen (secondary N) is 1. The molecule has 0 unspecified atom stereocenters. The molecule has 1 aromatic heterocycles. The van der Waals surface area contributed by atoms with Gasteiger partial charge in [0.25, 0.3) is 0 Å². The minimum absolute atomic E-state index is 0.0627. The highest BCUT2D eigenvalue weighted by Crippen LogP contribution is 2.34. The molecule has 0 radical (unpaired) electrons. The molecule has 0 bridgehead atoms. The number of nitrogen functional groups attached to an aromatic ring is 1. The molecule has 4 N–H and O–H groups in total. The third-order valence-electron chi connectivity index (χ3n) is 2.44. The minimum atomic E-state index is -4.58. The van der Waals surface area contributed by atoms with Gasteiger partial charge in [0, 0.05) is 6.20 Å². The Morgan fingerprint density at radius 3 is 2.50 bits per heavy atom. The zero-order valence-corrected chi connectivity index (χ0v) is 9.99. The maximum atomic E-state index is 12.7. The molecule has 8 heteroatoms. The second-order valence-electron chi connectivity index (χ2n) is 4.17. The highest BCUT2D eigenvalue weighted by Gasteiger charge is 2.35. The second-order valence-corrected chi connectivity index (χ2v) is 4.17. The van der Waals surface area contributed by atoms with Crippen molar-refractivity contribution in [3.63, 3.8) is 0 Å². The number of halogens is 3. The maximum Gasteiger partial charge on any atom is 0.421 e. The van der Waals surface area contributed by atoms with Crippen molar-refractivity contribution in [2.45, 2.75) is 26.1 Å². The zero-order valence-electron chi connectivity index (χ0n) is 9.99. The van der Waals surface area contributed by atoms with E-state index in [1.54, 1.807) is 13.8 Å². The summed E-state index contributed by atoms with van der Waals surface area (Å²) in [6, 6.07) is -0.541. The van der Waals surface area contributed by atoms with E-state index in [0.717, 1.165) is 0 Å². The molecule has 0 aliphatic rings. The predicted octanol–water partition coefficient (Wildman–Crippen LogP) is 1.51. The molecular formula is C10H15F3N4O. The Kier molecular flexibility index (Phi) is 4.33. The molecule has 0 saturated carbocycles. The van der Waals surface area contributed by atoms with Crippen LogP contribution in [0, 0.1) is 5.92 Å². The number of anilines is 2. The van der Waals surface area contributed by atoms with Crippen molar-refractivity contribution in [1.29, 1.82) is 0 Å². The molecule has 1 heterocycles. The van der Waals surface area contributed by atoms with Crippen LogP contribution in [0.15, 0.2) is 6.20 Å². The van der Waals surface area contributed by atoms with Crippen molar-refractivity contribution >= 4 is 11.8 Å². The van der Waals surface area contributed by atoms with Crippen molar-refractivity contribution in [2.24, 2.45) is 5.92 Å². The molecule has 102 valence electrons. The highest BCUT2D eigenvalue weighted by molar-refractivity contribution is 5.48. The first-order valence-electron chi connectivity index (χ1n) is 5.32. The van der Waals surface area contributed by atoms with Gasteiger partial charge in [-0.2, -0.15) is 18.2 Å². The summed E-state index contributed by atoms with van der Waals surface area (Å²) in [7, 11) is 0. The van der Waals surface area contributed by atoms with Gasteiger partial charge < -0.3 is 16.2 Å². The monoisotopic (exact) mass is 264 g/mol. The van der Waals surface area contributed by atoms with Crippen LogP contribution in [-0.4, -0.2) is 27.7 Å².